The van der Waals surface area contributed by atoms with Crippen LogP contribution in [0.1, 0.15) is 12.0 Å². The quantitative estimate of drug-likeness (QED) is 0.699. The Kier molecular flexibility index (Phi) is 5.19. The van der Waals surface area contributed by atoms with Crippen molar-refractivity contribution in [3.63, 3.8) is 0 Å². The number of ether oxygens (including phenoxy) is 1. The van der Waals surface area contributed by atoms with Crippen molar-refractivity contribution in [1.29, 1.82) is 0 Å². The van der Waals surface area contributed by atoms with Crippen molar-refractivity contribution in [2.45, 2.75) is 13.0 Å². The third-order valence-electron chi connectivity index (χ3n) is 3.47. The maximum Gasteiger partial charge on any atom is 0.128 e. The second kappa shape index (κ2) is 7.12. The number of benzene rings is 2. The van der Waals surface area contributed by atoms with Crippen molar-refractivity contribution in [2.75, 3.05) is 27.2 Å². The first kappa shape index (κ1) is 13.8. The fraction of sp³-hybridized carbons (Fsp3) is 0.375. The maximum atomic E-state index is 5.51. The molecule has 0 bridgehead atoms. The van der Waals surface area contributed by atoms with Gasteiger partial charge in [-0.05, 0) is 16.8 Å². The summed E-state index contributed by atoms with van der Waals surface area (Å²) >= 11 is 0. The molecule has 0 aromatic heterocycles. The minimum Gasteiger partial charge on any atom is -0.496 e. The van der Waals surface area contributed by atoms with Crippen LogP contribution in [0, 0.1) is 0 Å². The molecule has 0 fully saturated rings. The highest BCUT2D eigenvalue weighted by Gasteiger charge is 2.09. The first-order valence-corrected chi connectivity index (χ1v) is 7.01. The number of rotatable bonds is 7. The highest BCUT2D eigenvalue weighted by molar-refractivity contribution is 5.87. The molecule has 0 atom stereocenters. The van der Waals surface area contributed by atoms with Crippen molar-refractivity contribution in [2.24, 2.45) is 0 Å². The van der Waals surface area contributed by atoms with Gasteiger partial charge in [0.2, 0.25) is 0 Å². The lowest BCUT2D eigenvalue weighted by Crippen LogP contribution is -2.85. The molecule has 2 aromatic rings. The van der Waals surface area contributed by atoms with Crippen molar-refractivity contribution >= 4 is 10.8 Å². The van der Waals surface area contributed by atoms with Crippen LogP contribution in [-0.4, -0.2) is 27.2 Å². The minimum absolute atomic E-state index is 0.980. The Labute approximate surface area is 115 Å². The summed E-state index contributed by atoms with van der Waals surface area (Å²) in [4.78, 5) is 0. The Morgan fingerprint density at radius 3 is 2.68 bits per heavy atom. The monoisotopic (exact) mass is 260 g/mol. The number of quaternary nitrogens is 2. The van der Waals surface area contributed by atoms with Crippen molar-refractivity contribution in [3.8, 4) is 5.75 Å². The van der Waals surface area contributed by atoms with Crippen molar-refractivity contribution < 1.29 is 15.4 Å². The third-order valence-corrected chi connectivity index (χ3v) is 3.47. The molecule has 0 aliphatic rings. The summed E-state index contributed by atoms with van der Waals surface area (Å²) in [6, 6.07) is 12.7. The second-order valence-corrected chi connectivity index (χ2v) is 4.80. The molecule has 2 rings (SSSR count). The molecule has 3 heteroatoms. The first-order chi connectivity index (χ1) is 9.36. The van der Waals surface area contributed by atoms with Gasteiger partial charge in [-0.1, -0.05) is 30.3 Å². The van der Waals surface area contributed by atoms with Gasteiger partial charge in [-0.2, -0.15) is 0 Å². The summed E-state index contributed by atoms with van der Waals surface area (Å²) in [6.45, 7) is 3.34. The third kappa shape index (κ3) is 3.46. The first-order valence-electron chi connectivity index (χ1n) is 7.01. The van der Waals surface area contributed by atoms with Gasteiger partial charge in [0.25, 0.3) is 0 Å². The average Bonchev–Trinajstić information content (AvgIpc) is 2.47. The highest BCUT2D eigenvalue weighted by atomic mass is 16.5. The van der Waals surface area contributed by atoms with Crippen LogP contribution in [-0.2, 0) is 6.54 Å². The van der Waals surface area contributed by atoms with E-state index in [2.05, 4.69) is 54.1 Å². The van der Waals surface area contributed by atoms with E-state index in [4.69, 9.17) is 4.74 Å². The van der Waals surface area contributed by atoms with E-state index in [9.17, 15) is 0 Å². The Balaban J connectivity index is 2.14. The number of methoxy groups -OCH3 is 1. The lowest BCUT2D eigenvalue weighted by atomic mass is 10.0. The number of hydrogen-bond donors (Lipinski definition) is 2. The largest absolute Gasteiger partial charge is 0.496 e. The molecule has 0 saturated carbocycles. The van der Waals surface area contributed by atoms with Crippen LogP contribution in [0.25, 0.3) is 10.8 Å². The lowest BCUT2D eigenvalue weighted by molar-refractivity contribution is -0.682. The zero-order valence-electron chi connectivity index (χ0n) is 11.9. The van der Waals surface area contributed by atoms with Crippen LogP contribution in [0.5, 0.6) is 5.75 Å². The van der Waals surface area contributed by atoms with Gasteiger partial charge >= 0.3 is 0 Å². The summed E-state index contributed by atoms with van der Waals surface area (Å²) in [5.41, 5.74) is 1.31. The molecular formula is C16H24N2O+2. The topological polar surface area (TPSA) is 42.5 Å². The smallest absolute Gasteiger partial charge is 0.128 e. The molecule has 0 heterocycles. The Morgan fingerprint density at radius 2 is 1.89 bits per heavy atom. The van der Waals surface area contributed by atoms with Crippen LogP contribution in [0.4, 0.5) is 0 Å². The molecule has 0 unspecified atom stereocenters. The molecule has 0 amide bonds. The van der Waals surface area contributed by atoms with Crippen LogP contribution in [0.15, 0.2) is 36.4 Å². The van der Waals surface area contributed by atoms with Gasteiger partial charge in [0.1, 0.15) is 12.3 Å². The van der Waals surface area contributed by atoms with Crippen LogP contribution in [0.3, 0.4) is 0 Å². The standard InChI is InChI=1S/C16H22N2O/c1-17-10-5-11-18-12-15-14-7-4-3-6-13(14)8-9-16(15)19-2/h3-4,6-9,17-18H,5,10-12H2,1-2H3/p+2. The number of hydrogen-bond acceptors (Lipinski definition) is 1. The summed E-state index contributed by atoms with van der Waals surface area (Å²) in [6.07, 6.45) is 1.24. The van der Waals surface area contributed by atoms with E-state index in [0.717, 1.165) is 18.8 Å². The van der Waals surface area contributed by atoms with E-state index in [1.54, 1.807) is 7.11 Å². The maximum absolute atomic E-state index is 5.51. The molecule has 102 valence electrons. The van der Waals surface area contributed by atoms with E-state index in [0.29, 0.717) is 0 Å². The average molecular weight is 260 g/mol. The molecule has 0 radical (unpaired) electrons. The minimum atomic E-state index is 0.980. The summed E-state index contributed by atoms with van der Waals surface area (Å²) < 4.78 is 5.51. The SMILES string of the molecule is C[NH2+]CCC[NH2+]Cc1c(OC)ccc2ccccc12. The molecule has 0 saturated heterocycles. The van der Waals surface area contributed by atoms with Crippen LogP contribution in [0.2, 0.25) is 0 Å². The zero-order valence-corrected chi connectivity index (χ0v) is 11.9. The molecule has 4 N–H and O–H groups in total. The lowest BCUT2D eigenvalue weighted by Gasteiger charge is -2.11. The Bertz CT molecular complexity index is 525. The van der Waals surface area contributed by atoms with Gasteiger partial charge in [-0.25, -0.2) is 0 Å². The van der Waals surface area contributed by atoms with Gasteiger partial charge in [0, 0.05) is 6.42 Å². The van der Waals surface area contributed by atoms with Crippen molar-refractivity contribution in [1.82, 2.24) is 0 Å². The number of fused-ring (bicyclic) bond motifs is 1. The van der Waals surface area contributed by atoms with Crippen LogP contribution >= 0.6 is 0 Å². The molecule has 3 nitrogen and oxygen atoms in total. The zero-order chi connectivity index (χ0) is 13.5. The van der Waals surface area contributed by atoms with E-state index in [1.165, 1.54) is 29.3 Å². The summed E-state index contributed by atoms with van der Waals surface area (Å²) in [5, 5.41) is 7.19. The Hall–Kier alpha value is -1.58. The van der Waals surface area contributed by atoms with E-state index < -0.39 is 0 Å². The van der Waals surface area contributed by atoms with E-state index >= 15 is 0 Å². The highest BCUT2D eigenvalue weighted by Crippen LogP contribution is 2.26. The predicted molar refractivity (Wildman–Crippen MR) is 78.3 cm³/mol. The van der Waals surface area contributed by atoms with Crippen LogP contribution < -0.4 is 15.4 Å². The Morgan fingerprint density at radius 1 is 1.05 bits per heavy atom. The van der Waals surface area contributed by atoms with Crippen molar-refractivity contribution in [3.05, 3.63) is 42.0 Å². The van der Waals surface area contributed by atoms with Gasteiger partial charge in [-0.3, -0.25) is 0 Å². The van der Waals surface area contributed by atoms with Gasteiger partial charge in [0.15, 0.2) is 0 Å². The molecular weight excluding hydrogens is 236 g/mol. The molecule has 0 aliphatic carbocycles. The summed E-state index contributed by atoms with van der Waals surface area (Å²) in [5.74, 6) is 0.997. The van der Waals surface area contributed by atoms with Gasteiger partial charge in [-0.15, -0.1) is 0 Å². The van der Waals surface area contributed by atoms with E-state index in [-0.39, 0.29) is 0 Å². The molecule has 19 heavy (non-hydrogen) atoms. The molecule has 0 aliphatic heterocycles. The predicted octanol–water partition coefficient (Wildman–Crippen LogP) is 0.495. The molecule has 2 aromatic carbocycles. The number of nitrogens with two attached hydrogens (primary N) is 2. The summed E-state index contributed by atoms with van der Waals surface area (Å²) in [7, 11) is 3.87. The molecule has 0 spiro atoms. The normalized spacial score (nSPS) is 10.8. The second-order valence-electron chi connectivity index (χ2n) is 4.80. The fourth-order valence-corrected chi connectivity index (χ4v) is 2.43. The fourth-order valence-electron chi connectivity index (χ4n) is 2.43. The van der Waals surface area contributed by atoms with Gasteiger partial charge < -0.3 is 15.4 Å². The van der Waals surface area contributed by atoms with Gasteiger partial charge in [0.05, 0.1) is 32.8 Å². The van der Waals surface area contributed by atoms with E-state index in [1.807, 2.05) is 0 Å².